The molecule has 0 fully saturated rings. The predicted molar refractivity (Wildman–Crippen MR) is 82.2 cm³/mol. The fourth-order valence-electron chi connectivity index (χ4n) is 1.67. The van der Waals surface area contributed by atoms with Gasteiger partial charge in [0, 0.05) is 4.88 Å². The highest BCUT2D eigenvalue weighted by Gasteiger charge is 2.23. The monoisotopic (exact) mass is 345 g/mol. The van der Waals surface area contributed by atoms with Crippen molar-refractivity contribution in [3.63, 3.8) is 0 Å². The van der Waals surface area contributed by atoms with E-state index in [0.29, 0.717) is 10.7 Å². The summed E-state index contributed by atoms with van der Waals surface area (Å²) in [5.74, 6) is 0.422. The number of amides is 2. The van der Waals surface area contributed by atoms with Gasteiger partial charge in [-0.25, -0.2) is 33.4 Å². The summed E-state index contributed by atoms with van der Waals surface area (Å²) < 4.78 is 31.0. The molecule has 9 nitrogen and oxygen atoms in total. The standard InChI is InChI=1S/C11H15N5O4S2/c1-7-9(4-5-21-7)22(18,19)15-10(17)14-16-6-12-11(20-3)13-8(16)2/h4-5H,6H2,1-3H3,(H2,14,15,17). The summed E-state index contributed by atoms with van der Waals surface area (Å²) in [6, 6.07) is 0.743. The highest BCUT2D eigenvalue weighted by atomic mass is 32.2. The number of aryl methyl sites for hydroxylation is 1. The molecule has 0 spiro atoms. The fraction of sp³-hybridized carbons (Fsp3) is 0.364. The molecule has 1 aliphatic rings. The second-order valence-corrected chi connectivity index (χ2v) is 7.03. The first-order chi connectivity index (χ1) is 10.3. The van der Waals surface area contributed by atoms with E-state index in [-0.39, 0.29) is 17.6 Å². The number of hydrazine groups is 1. The third-order valence-corrected chi connectivity index (χ3v) is 5.19. The smallest absolute Gasteiger partial charge is 0.347 e. The number of nitrogens with one attached hydrogen (secondary N) is 2. The summed E-state index contributed by atoms with van der Waals surface area (Å²) in [5.41, 5.74) is 2.36. The van der Waals surface area contributed by atoms with Gasteiger partial charge in [0.25, 0.3) is 10.0 Å². The maximum atomic E-state index is 12.1. The van der Waals surface area contributed by atoms with Crippen molar-refractivity contribution < 1.29 is 17.9 Å². The number of rotatable bonds is 3. The van der Waals surface area contributed by atoms with Gasteiger partial charge in [-0.3, -0.25) is 0 Å². The van der Waals surface area contributed by atoms with E-state index in [1.54, 1.807) is 19.2 Å². The summed E-state index contributed by atoms with van der Waals surface area (Å²) >= 11 is 1.29. The first-order valence-electron chi connectivity index (χ1n) is 6.12. The lowest BCUT2D eigenvalue weighted by Gasteiger charge is -2.25. The van der Waals surface area contributed by atoms with Crippen molar-refractivity contribution in [2.45, 2.75) is 18.7 Å². The number of aliphatic imine (C=N–C) groups is 2. The van der Waals surface area contributed by atoms with Crippen LogP contribution in [-0.2, 0) is 14.8 Å². The number of methoxy groups -OCH3 is 1. The molecule has 2 amide bonds. The summed E-state index contributed by atoms with van der Waals surface area (Å²) in [6.45, 7) is 3.37. The number of amidine groups is 2. The predicted octanol–water partition coefficient (Wildman–Crippen LogP) is 0.653. The number of ether oxygens (including phenoxy) is 1. The van der Waals surface area contributed by atoms with Crippen LogP contribution >= 0.6 is 11.3 Å². The Balaban J connectivity index is 2.01. The minimum atomic E-state index is -3.91. The SMILES string of the molecule is COC1=NCN(NC(=O)NS(=O)(=O)c2ccsc2C)C(C)=N1. The molecule has 2 heterocycles. The van der Waals surface area contributed by atoms with Gasteiger partial charge in [-0.15, -0.1) is 11.3 Å². The second-order valence-electron chi connectivity index (χ2n) is 4.26. The van der Waals surface area contributed by atoms with E-state index in [1.165, 1.54) is 29.5 Å². The van der Waals surface area contributed by atoms with E-state index in [1.807, 2.05) is 4.72 Å². The Kier molecular flexibility index (Phi) is 4.66. The number of sulfonamides is 1. The molecule has 11 heteroatoms. The van der Waals surface area contributed by atoms with Gasteiger partial charge in [-0.1, -0.05) is 0 Å². The molecule has 0 radical (unpaired) electrons. The van der Waals surface area contributed by atoms with Crippen molar-refractivity contribution >= 4 is 39.2 Å². The zero-order chi connectivity index (χ0) is 16.3. The zero-order valence-corrected chi connectivity index (χ0v) is 13.8. The number of carbonyl (C=O) groups excluding carboxylic acids is 1. The Morgan fingerprint density at radius 2 is 2.18 bits per heavy atom. The van der Waals surface area contributed by atoms with Crippen molar-refractivity contribution in [2.75, 3.05) is 13.8 Å². The van der Waals surface area contributed by atoms with Gasteiger partial charge in [0.1, 0.15) is 17.4 Å². The molecule has 1 aliphatic heterocycles. The largest absolute Gasteiger partial charge is 0.467 e. The van der Waals surface area contributed by atoms with Gasteiger partial charge in [0.15, 0.2) is 0 Å². The van der Waals surface area contributed by atoms with Crippen LogP contribution in [0.1, 0.15) is 11.8 Å². The van der Waals surface area contributed by atoms with Crippen LogP contribution in [0, 0.1) is 6.92 Å². The average Bonchev–Trinajstić information content (AvgIpc) is 2.87. The van der Waals surface area contributed by atoms with E-state index >= 15 is 0 Å². The quantitative estimate of drug-likeness (QED) is 0.835. The third-order valence-electron chi connectivity index (χ3n) is 2.74. The van der Waals surface area contributed by atoms with Crippen LogP contribution in [0.5, 0.6) is 0 Å². The van der Waals surface area contributed by atoms with E-state index in [9.17, 15) is 13.2 Å². The molecule has 0 aliphatic carbocycles. The summed E-state index contributed by atoms with van der Waals surface area (Å²) in [5, 5.41) is 2.94. The molecule has 1 aromatic heterocycles. The Labute approximate surface area is 131 Å². The van der Waals surface area contributed by atoms with Crippen molar-refractivity contribution in [2.24, 2.45) is 9.98 Å². The van der Waals surface area contributed by atoms with Crippen molar-refractivity contribution in [3.05, 3.63) is 16.3 Å². The van der Waals surface area contributed by atoms with Gasteiger partial charge < -0.3 is 4.74 Å². The van der Waals surface area contributed by atoms with E-state index in [0.717, 1.165) is 0 Å². The number of hydrogen-bond donors (Lipinski definition) is 2. The third kappa shape index (κ3) is 3.54. The van der Waals surface area contributed by atoms with E-state index in [4.69, 9.17) is 4.74 Å². The molecule has 0 saturated carbocycles. The fourth-order valence-corrected chi connectivity index (χ4v) is 3.85. The van der Waals surface area contributed by atoms with Gasteiger partial charge in [-0.2, -0.15) is 4.99 Å². The van der Waals surface area contributed by atoms with Crippen LogP contribution in [0.2, 0.25) is 0 Å². The van der Waals surface area contributed by atoms with Crippen molar-refractivity contribution in [3.8, 4) is 0 Å². The average molecular weight is 345 g/mol. The van der Waals surface area contributed by atoms with E-state index in [2.05, 4.69) is 15.4 Å². The molecule has 0 bridgehead atoms. The Bertz CT molecular complexity index is 737. The Hall–Kier alpha value is -2.14. The van der Waals surface area contributed by atoms with Crippen molar-refractivity contribution in [1.82, 2.24) is 15.2 Å². The minimum Gasteiger partial charge on any atom is -0.467 e. The van der Waals surface area contributed by atoms with E-state index < -0.39 is 16.1 Å². The Morgan fingerprint density at radius 3 is 2.73 bits per heavy atom. The number of carbonyl (C=O) groups is 1. The lowest BCUT2D eigenvalue weighted by atomic mass is 10.5. The van der Waals surface area contributed by atoms with Gasteiger partial charge >= 0.3 is 12.1 Å². The molecule has 120 valence electrons. The summed E-state index contributed by atoms with van der Waals surface area (Å²) in [6.07, 6.45) is 0. The topological polar surface area (TPSA) is 112 Å². The number of hydrogen-bond acceptors (Lipinski definition) is 8. The highest BCUT2D eigenvalue weighted by molar-refractivity contribution is 7.90. The lowest BCUT2D eigenvalue weighted by Crippen LogP contribution is -2.52. The number of urea groups is 1. The van der Waals surface area contributed by atoms with Gasteiger partial charge in [-0.05, 0) is 25.3 Å². The normalized spacial score (nSPS) is 15.0. The van der Waals surface area contributed by atoms with Crippen LogP contribution in [-0.4, -0.2) is 45.1 Å². The number of thiophene rings is 1. The molecular weight excluding hydrogens is 330 g/mol. The maximum Gasteiger partial charge on any atom is 0.347 e. The van der Waals surface area contributed by atoms with Gasteiger partial charge in [0.2, 0.25) is 0 Å². The molecular formula is C11H15N5O4S2. The van der Waals surface area contributed by atoms with Crippen LogP contribution in [0.3, 0.4) is 0 Å². The van der Waals surface area contributed by atoms with Crippen LogP contribution < -0.4 is 10.1 Å². The summed E-state index contributed by atoms with van der Waals surface area (Å²) in [4.78, 5) is 20.4. The van der Waals surface area contributed by atoms with Crippen molar-refractivity contribution in [1.29, 1.82) is 0 Å². The molecule has 22 heavy (non-hydrogen) atoms. The van der Waals surface area contributed by atoms with Crippen LogP contribution in [0.15, 0.2) is 26.3 Å². The molecule has 0 unspecified atom stereocenters. The molecule has 2 rings (SSSR count). The second kappa shape index (κ2) is 6.32. The van der Waals surface area contributed by atoms with Crippen LogP contribution in [0.25, 0.3) is 0 Å². The molecule has 2 N–H and O–H groups in total. The maximum absolute atomic E-state index is 12.1. The minimum absolute atomic E-state index is 0.0729. The molecule has 1 aromatic rings. The lowest BCUT2D eigenvalue weighted by molar-refractivity contribution is 0.221. The Morgan fingerprint density at radius 1 is 1.45 bits per heavy atom. The summed E-state index contributed by atoms with van der Waals surface area (Å²) in [7, 11) is -2.48. The molecule has 0 aromatic carbocycles. The van der Waals surface area contributed by atoms with Gasteiger partial charge in [0.05, 0.1) is 7.11 Å². The number of nitrogens with zero attached hydrogens (tertiary/aromatic N) is 3. The zero-order valence-electron chi connectivity index (χ0n) is 12.2. The molecule has 0 saturated heterocycles. The molecule has 0 atom stereocenters. The highest BCUT2D eigenvalue weighted by Crippen LogP contribution is 2.20. The first-order valence-corrected chi connectivity index (χ1v) is 8.48. The van der Waals surface area contributed by atoms with Crippen LogP contribution in [0.4, 0.5) is 4.79 Å². The first kappa shape index (κ1) is 16.2.